The number of amides is 1. The highest BCUT2D eigenvalue weighted by molar-refractivity contribution is 7.92. The standard InChI is InChI=1S/C23H23FN2O4S/c1-15(2)30-18-11-9-17(10-12-18)25-23(27)20-14-19(13-8-16(20)3)31(28,29)26-22-7-5-4-6-21(22)24/h4-15,26H,1-3H3,(H,25,27). The number of rotatable bonds is 7. The van der Waals surface area contributed by atoms with Crippen LogP contribution < -0.4 is 14.8 Å². The Morgan fingerprint density at radius 2 is 1.68 bits per heavy atom. The van der Waals surface area contributed by atoms with Gasteiger partial charge in [-0.3, -0.25) is 9.52 Å². The first-order valence-corrected chi connectivity index (χ1v) is 11.1. The molecule has 0 saturated carbocycles. The smallest absolute Gasteiger partial charge is 0.262 e. The summed E-state index contributed by atoms with van der Waals surface area (Å²) >= 11 is 0. The van der Waals surface area contributed by atoms with Crippen LogP contribution in [0.15, 0.2) is 71.6 Å². The lowest BCUT2D eigenvalue weighted by molar-refractivity contribution is 0.102. The molecule has 0 spiro atoms. The van der Waals surface area contributed by atoms with Gasteiger partial charge in [0.05, 0.1) is 16.7 Å². The van der Waals surface area contributed by atoms with Crippen molar-refractivity contribution in [2.75, 3.05) is 10.0 Å². The van der Waals surface area contributed by atoms with Crippen molar-refractivity contribution in [2.45, 2.75) is 31.8 Å². The summed E-state index contributed by atoms with van der Waals surface area (Å²) in [5, 5.41) is 2.75. The summed E-state index contributed by atoms with van der Waals surface area (Å²) in [5.41, 5.74) is 1.16. The first kappa shape index (κ1) is 22.3. The fraction of sp³-hybridized carbons (Fsp3) is 0.174. The predicted octanol–water partition coefficient (Wildman–Crippen LogP) is 4.97. The zero-order chi connectivity index (χ0) is 22.6. The van der Waals surface area contributed by atoms with Crippen molar-refractivity contribution in [3.63, 3.8) is 0 Å². The number of hydrogen-bond donors (Lipinski definition) is 2. The van der Waals surface area contributed by atoms with Crippen molar-refractivity contribution in [3.8, 4) is 5.75 Å². The molecule has 3 aromatic carbocycles. The van der Waals surface area contributed by atoms with E-state index in [1.54, 1.807) is 31.2 Å². The molecule has 2 N–H and O–H groups in total. The van der Waals surface area contributed by atoms with Gasteiger partial charge in [0.25, 0.3) is 15.9 Å². The number of nitrogens with one attached hydrogen (secondary N) is 2. The van der Waals surface area contributed by atoms with Crippen molar-refractivity contribution < 1.29 is 22.3 Å². The van der Waals surface area contributed by atoms with Crippen LogP contribution in [0.25, 0.3) is 0 Å². The average Bonchev–Trinajstić information content (AvgIpc) is 2.71. The van der Waals surface area contributed by atoms with Crippen LogP contribution in [0, 0.1) is 12.7 Å². The summed E-state index contributed by atoms with van der Waals surface area (Å²) in [4.78, 5) is 12.6. The molecule has 0 radical (unpaired) electrons. The van der Waals surface area contributed by atoms with E-state index in [0.29, 0.717) is 17.0 Å². The first-order valence-electron chi connectivity index (χ1n) is 9.62. The van der Waals surface area contributed by atoms with Gasteiger partial charge in [-0.05, 0) is 74.9 Å². The molecular formula is C23H23FN2O4S. The molecule has 162 valence electrons. The molecule has 0 aliphatic heterocycles. The number of carbonyl (C=O) groups excluding carboxylic acids is 1. The van der Waals surface area contributed by atoms with E-state index in [1.165, 1.54) is 36.4 Å². The molecule has 6 nitrogen and oxygen atoms in total. The molecule has 3 aromatic rings. The monoisotopic (exact) mass is 442 g/mol. The quantitative estimate of drug-likeness (QED) is 0.541. The molecule has 0 aliphatic carbocycles. The number of anilines is 2. The summed E-state index contributed by atoms with van der Waals surface area (Å²) in [7, 11) is -4.09. The van der Waals surface area contributed by atoms with E-state index in [2.05, 4.69) is 10.0 Å². The van der Waals surface area contributed by atoms with E-state index < -0.39 is 21.7 Å². The van der Waals surface area contributed by atoms with Crippen LogP contribution >= 0.6 is 0 Å². The van der Waals surface area contributed by atoms with E-state index >= 15 is 0 Å². The van der Waals surface area contributed by atoms with Crippen LogP contribution in [0.5, 0.6) is 5.75 Å². The third kappa shape index (κ3) is 5.61. The highest BCUT2D eigenvalue weighted by Crippen LogP contribution is 2.23. The topological polar surface area (TPSA) is 84.5 Å². The van der Waals surface area contributed by atoms with E-state index in [0.717, 1.165) is 6.07 Å². The van der Waals surface area contributed by atoms with Gasteiger partial charge < -0.3 is 10.1 Å². The van der Waals surface area contributed by atoms with Crippen molar-refractivity contribution in [2.24, 2.45) is 0 Å². The molecule has 0 heterocycles. The van der Waals surface area contributed by atoms with Gasteiger partial charge in [-0.2, -0.15) is 0 Å². The molecule has 8 heteroatoms. The molecule has 0 atom stereocenters. The Balaban J connectivity index is 1.81. The van der Waals surface area contributed by atoms with Crippen LogP contribution in [0.3, 0.4) is 0 Å². The number of ether oxygens (including phenoxy) is 1. The van der Waals surface area contributed by atoms with Gasteiger partial charge in [-0.15, -0.1) is 0 Å². The number of halogens is 1. The minimum absolute atomic E-state index is 0.0331. The molecule has 0 saturated heterocycles. The fourth-order valence-electron chi connectivity index (χ4n) is 2.85. The Morgan fingerprint density at radius 1 is 1.00 bits per heavy atom. The van der Waals surface area contributed by atoms with Gasteiger partial charge in [0.2, 0.25) is 0 Å². The van der Waals surface area contributed by atoms with Crippen molar-refractivity contribution >= 4 is 27.3 Å². The Bertz CT molecular complexity index is 1190. The van der Waals surface area contributed by atoms with E-state index in [-0.39, 0.29) is 22.3 Å². The molecule has 0 unspecified atom stereocenters. The molecular weight excluding hydrogens is 419 g/mol. The zero-order valence-corrected chi connectivity index (χ0v) is 18.2. The van der Waals surface area contributed by atoms with E-state index in [4.69, 9.17) is 4.74 Å². The summed E-state index contributed by atoms with van der Waals surface area (Å²) in [6, 6.07) is 16.5. The Kier molecular flexibility index (Phi) is 6.60. The highest BCUT2D eigenvalue weighted by Gasteiger charge is 2.19. The summed E-state index contributed by atoms with van der Waals surface area (Å²) in [6.07, 6.45) is 0.0331. The van der Waals surface area contributed by atoms with Gasteiger partial charge in [-0.25, -0.2) is 12.8 Å². The molecule has 0 fully saturated rings. The van der Waals surface area contributed by atoms with E-state index in [1.807, 2.05) is 13.8 Å². The maximum Gasteiger partial charge on any atom is 0.262 e. The Morgan fingerprint density at radius 3 is 2.32 bits per heavy atom. The molecule has 0 aliphatic rings. The number of sulfonamides is 1. The molecule has 0 bridgehead atoms. The highest BCUT2D eigenvalue weighted by atomic mass is 32.2. The number of benzene rings is 3. The van der Waals surface area contributed by atoms with Gasteiger partial charge in [-0.1, -0.05) is 18.2 Å². The second-order valence-electron chi connectivity index (χ2n) is 7.21. The van der Waals surface area contributed by atoms with Crippen LogP contribution in [0.1, 0.15) is 29.8 Å². The fourth-order valence-corrected chi connectivity index (χ4v) is 3.94. The third-order valence-electron chi connectivity index (χ3n) is 4.37. The molecule has 1 amide bonds. The number of hydrogen-bond acceptors (Lipinski definition) is 4. The van der Waals surface area contributed by atoms with Gasteiger partial charge in [0.15, 0.2) is 0 Å². The maximum absolute atomic E-state index is 13.8. The minimum atomic E-state index is -4.09. The molecule has 31 heavy (non-hydrogen) atoms. The largest absolute Gasteiger partial charge is 0.491 e. The lowest BCUT2D eigenvalue weighted by atomic mass is 10.1. The van der Waals surface area contributed by atoms with Crippen molar-refractivity contribution in [1.82, 2.24) is 0 Å². The van der Waals surface area contributed by atoms with Crippen LogP contribution in [0.2, 0.25) is 0 Å². The third-order valence-corrected chi connectivity index (χ3v) is 5.73. The second-order valence-corrected chi connectivity index (χ2v) is 8.89. The molecule has 3 rings (SSSR count). The van der Waals surface area contributed by atoms with Crippen LogP contribution in [0.4, 0.5) is 15.8 Å². The van der Waals surface area contributed by atoms with Gasteiger partial charge in [0, 0.05) is 11.3 Å². The lowest BCUT2D eigenvalue weighted by Gasteiger charge is -2.13. The summed E-state index contributed by atoms with van der Waals surface area (Å²) in [6.45, 7) is 5.54. The Labute approximate surface area is 181 Å². The predicted molar refractivity (Wildman–Crippen MR) is 119 cm³/mol. The normalized spacial score (nSPS) is 11.3. The SMILES string of the molecule is Cc1ccc(S(=O)(=O)Nc2ccccc2F)cc1C(=O)Nc1ccc(OC(C)C)cc1. The van der Waals surface area contributed by atoms with Crippen LogP contribution in [-0.2, 0) is 10.0 Å². The Hall–Kier alpha value is -3.39. The first-order chi connectivity index (χ1) is 14.7. The minimum Gasteiger partial charge on any atom is -0.491 e. The van der Waals surface area contributed by atoms with Crippen LogP contribution in [-0.4, -0.2) is 20.4 Å². The molecule has 0 aromatic heterocycles. The average molecular weight is 443 g/mol. The zero-order valence-electron chi connectivity index (χ0n) is 17.3. The lowest BCUT2D eigenvalue weighted by Crippen LogP contribution is -2.17. The maximum atomic E-state index is 13.8. The number of para-hydroxylation sites is 1. The van der Waals surface area contributed by atoms with E-state index in [9.17, 15) is 17.6 Å². The van der Waals surface area contributed by atoms with Crippen molar-refractivity contribution in [3.05, 3.63) is 83.7 Å². The van der Waals surface area contributed by atoms with Gasteiger partial charge in [0.1, 0.15) is 11.6 Å². The summed E-state index contributed by atoms with van der Waals surface area (Å²) in [5.74, 6) is -0.476. The number of carbonyl (C=O) groups is 1. The van der Waals surface area contributed by atoms with Crippen molar-refractivity contribution in [1.29, 1.82) is 0 Å². The van der Waals surface area contributed by atoms with Gasteiger partial charge >= 0.3 is 0 Å². The summed E-state index contributed by atoms with van der Waals surface area (Å²) < 4.78 is 47.0. The second kappa shape index (κ2) is 9.18. The number of aryl methyl sites for hydroxylation is 1.